The highest BCUT2D eigenvalue weighted by Crippen LogP contribution is 2.53. The van der Waals surface area contributed by atoms with Crippen LogP contribution in [-0.2, 0) is 4.79 Å². The van der Waals surface area contributed by atoms with E-state index in [0.29, 0.717) is 35.8 Å². The molecule has 6 aliphatic rings. The molecule has 5 aliphatic heterocycles. The van der Waals surface area contributed by atoms with Gasteiger partial charge in [0.2, 0.25) is 5.91 Å². The maximum absolute atomic E-state index is 13.9. The normalized spacial score (nSPS) is 44.3. The number of fused-ring (bicyclic) bond motifs is 3. The second-order valence-electron chi connectivity index (χ2n) is 9.17. The van der Waals surface area contributed by atoms with Gasteiger partial charge in [0.05, 0.1) is 6.04 Å². The lowest BCUT2D eigenvalue weighted by Gasteiger charge is -2.51. The van der Waals surface area contributed by atoms with E-state index in [1.54, 1.807) is 0 Å². The van der Waals surface area contributed by atoms with Crippen LogP contribution >= 0.6 is 0 Å². The Morgan fingerprint density at radius 3 is 2.33 bits per heavy atom. The number of carbonyl (C=O) groups excluding carboxylic acids is 1. The van der Waals surface area contributed by atoms with Gasteiger partial charge in [0.25, 0.3) is 0 Å². The highest BCUT2D eigenvalue weighted by molar-refractivity contribution is 5.83. The first-order valence-electron chi connectivity index (χ1n) is 10.3. The number of likely N-dealkylation sites (tertiary alicyclic amines) is 1. The van der Waals surface area contributed by atoms with Crippen molar-refractivity contribution < 1.29 is 13.6 Å². The van der Waals surface area contributed by atoms with Crippen LogP contribution in [0.3, 0.4) is 0 Å². The average molecular weight is 373 g/mol. The summed E-state index contributed by atoms with van der Waals surface area (Å²) in [5.41, 5.74) is 0.711. The van der Waals surface area contributed by atoms with Crippen molar-refractivity contribution in [2.24, 2.45) is 23.7 Å². The molecular formula is C21H25F2N3O. The number of rotatable bonds is 2. The predicted molar refractivity (Wildman–Crippen MR) is 96.0 cm³/mol. The van der Waals surface area contributed by atoms with Gasteiger partial charge in [-0.2, -0.15) is 0 Å². The summed E-state index contributed by atoms with van der Waals surface area (Å²) in [4.78, 5) is 18.0. The number of benzene rings is 1. The fourth-order valence-corrected chi connectivity index (χ4v) is 6.73. The van der Waals surface area contributed by atoms with Crippen LogP contribution in [0.4, 0.5) is 8.78 Å². The third kappa shape index (κ3) is 2.35. The standard InChI is InChI=1S/C21H25F2N3O/c22-13-5-12(6-14(23)7-13)17-10-26(21(27)18-15-8-24-9-16(15)18)19-11-1-3-25(4-2-11)20(17)19/h5-7,11,15-20,24H,1-4,8-10H2/t15-,16+,17-,18?,19+,20+/m1/s1. The molecule has 6 heteroatoms. The first-order valence-corrected chi connectivity index (χ1v) is 10.3. The van der Waals surface area contributed by atoms with Crippen LogP contribution in [0.5, 0.6) is 0 Å². The van der Waals surface area contributed by atoms with Crippen molar-refractivity contribution in [3.8, 4) is 0 Å². The van der Waals surface area contributed by atoms with Gasteiger partial charge in [-0.15, -0.1) is 0 Å². The van der Waals surface area contributed by atoms with Crippen LogP contribution in [0, 0.1) is 35.3 Å². The summed E-state index contributed by atoms with van der Waals surface area (Å²) in [6.07, 6.45) is 2.27. The molecule has 2 bridgehead atoms. The minimum Gasteiger partial charge on any atom is -0.337 e. The van der Waals surface area contributed by atoms with Gasteiger partial charge < -0.3 is 10.2 Å². The third-order valence-electron chi connectivity index (χ3n) is 7.97. The molecule has 5 heterocycles. The fourth-order valence-electron chi connectivity index (χ4n) is 6.73. The molecule has 4 nitrogen and oxygen atoms in total. The summed E-state index contributed by atoms with van der Waals surface area (Å²) in [6, 6.07) is 4.30. The number of amides is 1. The van der Waals surface area contributed by atoms with E-state index in [-0.39, 0.29) is 23.9 Å². The zero-order valence-electron chi connectivity index (χ0n) is 15.3. The second-order valence-corrected chi connectivity index (χ2v) is 9.17. The molecule has 5 saturated heterocycles. The molecule has 0 aromatic heterocycles. The number of piperidine rings is 4. The lowest BCUT2D eigenvalue weighted by Crippen LogP contribution is -2.61. The van der Waals surface area contributed by atoms with Gasteiger partial charge in [-0.25, -0.2) is 8.78 Å². The van der Waals surface area contributed by atoms with E-state index >= 15 is 0 Å². The molecule has 1 saturated carbocycles. The Morgan fingerprint density at radius 2 is 1.67 bits per heavy atom. The van der Waals surface area contributed by atoms with Gasteiger partial charge in [-0.1, -0.05) is 0 Å². The molecule has 1 aliphatic carbocycles. The fraction of sp³-hybridized carbons (Fsp3) is 0.667. The van der Waals surface area contributed by atoms with Crippen molar-refractivity contribution in [1.82, 2.24) is 15.1 Å². The molecule has 0 radical (unpaired) electrons. The molecular weight excluding hydrogens is 348 g/mol. The monoisotopic (exact) mass is 373 g/mol. The molecule has 6 fully saturated rings. The molecule has 144 valence electrons. The minimum atomic E-state index is -0.523. The number of nitrogens with one attached hydrogen (secondary N) is 1. The zero-order chi connectivity index (χ0) is 18.3. The van der Waals surface area contributed by atoms with E-state index in [0.717, 1.165) is 45.1 Å². The van der Waals surface area contributed by atoms with E-state index in [2.05, 4.69) is 15.1 Å². The molecule has 1 aromatic rings. The zero-order valence-corrected chi connectivity index (χ0v) is 15.3. The van der Waals surface area contributed by atoms with Gasteiger partial charge in [-0.3, -0.25) is 9.69 Å². The van der Waals surface area contributed by atoms with Crippen LogP contribution in [0.1, 0.15) is 24.3 Å². The predicted octanol–water partition coefficient (Wildman–Crippen LogP) is 1.82. The van der Waals surface area contributed by atoms with Crippen LogP contribution in [0.15, 0.2) is 18.2 Å². The van der Waals surface area contributed by atoms with Gasteiger partial charge in [0.15, 0.2) is 0 Å². The summed E-state index contributed by atoms with van der Waals surface area (Å²) < 4.78 is 27.8. The lowest BCUT2D eigenvalue weighted by molar-refractivity contribution is -0.138. The largest absolute Gasteiger partial charge is 0.337 e. The number of hydrogen-bond acceptors (Lipinski definition) is 3. The Hall–Kier alpha value is -1.53. The Balaban J connectivity index is 1.35. The number of carbonyl (C=O) groups is 1. The van der Waals surface area contributed by atoms with Crippen molar-refractivity contribution in [3.63, 3.8) is 0 Å². The van der Waals surface area contributed by atoms with Crippen molar-refractivity contribution in [3.05, 3.63) is 35.4 Å². The Labute approximate surface area is 157 Å². The van der Waals surface area contributed by atoms with E-state index < -0.39 is 11.6 Å². The van der Waals surface area contributed by atoms with Gasteiger partial charge in [0, 0.05) is 30.5 Å². The minimum absolute atomic E-state index is 0.00367. The average Bonchev–Trinajstić information content (AvgIpc) is 3.02. The van der Waals surface area contributed by atoms with Gasteiger partial charge in [-0.05, 0) is 74.5 Å². The maximum Gasteiger partial charge on any atom is 0.226 e. The van der Waals surface area contributed by atoms with Crippen LogP contribution < -0.4 is 5.32 Å². The van der Waals surface area contributed by atoms with Crippen molar-refractivity contribution in [2.75, 3.05) is 32.7 Å². The topological polar surface area (TPSA) is 35.6 Å². The van der Waals surface area contributed by atoms with E-state index in [4.69, 9.17) is 0 Å². The van der Waals surface area contributed by atoms with E-state index in [9.17, 15) is 13.6 Å². The summed E-state index contributed by atoms with van der Waals surface area (Å²) in [6.45, 7) is 4.60. The van der Waals surface area contributed by atoms with Crippen LogP contribution in [-0.4, -0.2) is 60.5 Å². The van der Waals surface area contributed by atoms with Gasteiger partial charge in [0.1, 0.15) is 11.6 Å². The summed E-state index contributed by atoms with van der Waals surface area (Å²) in [5, 5.41) is 3.37. The van der Waals surface area contributed by atoms with E-state index in [1.165, 1.54) is 12.1 Å². The first-order chi connectivity index (χ1) is 13.1. The van der Waals surface area contributed by atoms with Gasteiger partial charge >= 0.3 is 0 Å². The van der Waals surface area contributed by atoms with Crippen LogP contribution in [0.2, 0.25) is 0 Å². The van der Waals surface area contributed by atoms with Crippen molar-refractivity contribution in [1.29, 1.82) is 0 Å². The number of halogens is 2. The Bertz CT molecular complexity index is 763. The molecule has 0 spiro atoms. The molecule has 27 heavy (non-hydrogen) atoms. The lowest BCUT2D eigenvalue weighted by atomic mass is 9.75. The molecule has 6 atom stereocenters. The summed E-state index contributed by atoms with van der Waals surface area (Å²) in [7, 11) is 0. The second kappa shape index (κ2) is 5.74. The quantitative estimate of drug-likeness (QED) is 0.859. The Kier molecular flexibility index (Phi) is 3.49. The Morgan fingerprint density at radius 1 is 1.00 bits per heavy atom. The number of hydrogen-bond donors (Lipinski definition) is 1. The molecule has 7 rings (SSSR count). The number of nitrogens with zero attached hydrogens (tertiary/aromatic N) is 2. The summed E-state index contributed by atoms with van der Waals surface area (Å²) in [5.74, 6) is 0.966. The maximum atomic E-state index is 13.9. The third-order valence-corrected chi connectivity index (χ3v) is 7.97. The van der Waals surface area contributed by atoms with Crippen LogP contribution in [0.25, 0.3) is 0 Å². The summed E-state index contributed by atoms with van der Waals surface area (Å²) >= 11 is 0. The molecule has 1 amide bonds. The highest BCUT2D eigenvalue weighted by Gasteiger charge is 2.62. The first kappa shape index (κ1) is 16.4. The molecule has 1 aromatic carbocycles. The van der Waals surface area contributed by atoms with Crippen molar-refractivity contribution >= 4 is 5.91 Å². The van der Waals surface area contributed by atoms with E-state index in [1.807, 2.05) is 0 Å². The smallest absolute Gasteiger partial charge is 0.226 e. The molecule has 1 unspecified atom stereocenters. The SMILES string of the molecule is O=C(C1[C@H]2CNC[C@@H]12)N1C[C@H](c2cc(F)cc(F)c2)[C@H]2[C@@H]1C1CCN2CC1. The molecule has 1 N–H and O–H groups in total. The van der Waals surface area contributed by atoms with Crippen molar-refractivity contribution in [2.45, 2.75) is 30.8 Å². The highest BCUT2D eigenvalue weighted by atomic mass is 19.1.